The Bertz CT molecular complexity index is 1080. The van der Waals surface area contributed by atoms with Gasteiger partial charge in [-0.25, -0.2) is 9.37 Å². The first kappa shape index (κ1) is 18.6. The molecule has 0 saturated heterocycles. The van der Waals surface area contributed by atoms with Crippen LogP contribution in [0.2, 0.25) is 0 Å². The molecule has 146 valence electrons. The van der Waals surface area contributed by atoms with Crippen molar-refractivity contribution in [2.45, 2.75) is 19.4 Å². The summed E-state index contributed by atoms with van der Waals surface area (Å²) in [7, 11) is 0. The van der Waals surface area contributed by atoms with Gasteiger partial charge in [-0.1, -0.05) is 18.2 Å². The fourth-order valence-corrected chi connectivity index (χ4v) is 3.10. The van der Waals surface area contributed by atoms with Crippen molar-refractivity contribution < 1.29 is 18.7 Å². The third kappa shape index (κ3) is 4.24. The predicted molar refractivity (Wildman–Crippen MR) is 106 cm³/mol. The zero-order valence-corrected chi connectivity index (χ0v) is 15.4. The quantitative estimate of drug-likeness (QED) is 0.690. The van der Waals surface area contributed by atoms with E-state index in [1.54, 1.807) is 42.5 Å². The fraction of sp³-hybridized carbons (Fsp3) is 0.136. The monoisotopic (exact) mass is 391 g/mol. The van der Waals surface area contributed by atoms with Crippen molar-refractivity contribution in [2.24, 2.45) is 0 Å². The van der Waals surface area contributed by atoms with Gasteiger partial charge in [-0.2, -0.15) is 0 Å². The van der Waals surface area contributed by atoms with Gasteiger partial charge in [0.2, 0.25) is 11.8 Å². The second kappa shape index (κ2) is 8.10. The number of aryl methyl sites for hydroxylation is 1. The van der Waals surface area contributed by atoms with Crippen molar-refractivity contribution in [1.29, 1.82) is 0 Å². The number of rotatable bonds is 5. The van der Waals surface area contributed by atoms with Crippen LogP contribution in [0.3, 0.4) is 0 Å². The number of hydrogen-bond donors (Lipinski definition) is 2. The minimum absolute atomic E-state index is 0.0127. The second-order valence-corrected chi connectivity index (χ2v) is 6.61. The van der Waals surface area contributed by atoms with Gasteiger partial charge in [0.05, 0.1) is 0 Å². The molecule has 2 heterocycles. The smallest absolute Gasteiger partial charge is 0.261 e. The van der Waals surface area contributed by atoms with E-state index in [1.807, 2.05) is 6.07 Å². The van der Waals surface area contributed by atoms with Crippen LogP contribution in [0.1, 0.15) is 27.9 Å². The highest BCUT2D eigenvalue weighted by Crippen LogP contribution is 2.26. The number of benzene rings is 2. The van der Waals surface area contributed by atoms with Crippen LogP contribution in [0, 0.1) is 5.82 Å². The number of aromatic nitrogens is 1. The highest BCUT2D eigenvalue weighted by Gasteiger charge is 2.18. The van der Waals surface area contributed by atoms with Gasteiger partial charge < -0.3 is 15.4 Å². The fourth-order valence-electron chi connectivity index (χ4n) is 3.10. The number of halogens is 1. The number of nitrogens with zero attached hydrogens (tertiary/aromatic N) is 1. The van der Waals surface area contributed by atoms with E-state index in [2.05, 4.69) is 15.6 Å². The van der Waals surface area contributed by atoms with Crippen molar-refractivity contribution in [3.05, 3.63) is 83.3 Å². The molecule has 0 atom stereocenters. The Morgan fingerprint density at radius 3 is 2.86 bits per heavy atom. The topological polar surface area (TPSA) is 80.3 Å². The number of carbonyl (C=O) groups is 2. The summed E-state index contributed by atoms with van der Waals surface area (Å²) in [6.07, 6.45) is 2.55. The van der Waals surface area contributed by atoms with Gasteiger partial charge in [0.15, 0.2) is 0 Å². The van der Waals surface area contributed by atoms with Crippen LogP contribution in [0.4, 0.5) is 15.8 Å². The van der Waals surface area contributed by atoms with Crippen molar-refractivity contribution in [1.82, 2.24) is 4.98 Å². The van der Waals surface area contributed by atoms with Crippen LogP contribution < -0.4 is 15.4 Å². The van der Waals surface area contributed by atoms with Crippen LogP contribution in [0.5, 0.6) is 5.88 Å². The Morgan fingerprint density at radius 2 is 2.00 bits per heavy atom. The maximum atomic E-state index is 13.8. The minimum Gasteiger partial charge on any atom is -0.472 e. The Kier molecular flexibility index (Phi) is 5.20. The molecule has 2 N–H and O–H groups in total. The maximum absolute atomic E-state index is 13.8. The first-order valence-electron chi connectivity index (χ1n) is 9.15. The number of hydrogen-bond acceptors (Lipinski definition) is 4. The highest BCUT2D eigenvalue weighted by atomic mass is 19.1. The summed E-state index contributed by atoms with van der Waals surface area (Å²) in [6, 6.07) is 14.8. The lowest BCUT2D eigenvalue weighted by Crippen LogP contribution is -2.19. The van der Waals surface area contributed by atoms with E-state index >= 15 is 0 Å². The molecule has 0 unspecified atom stereocenters. The lowest BCUT2D eigenvalue weighted by atomic mass is 10.0. The normalized spacial score (nSPS) is 12.7. The number of carbonyl (C=O) groups excluding carboxylic acids is 2. The lowest BCUT2D eigenvalue weighted by molar-refractivity contribution is -0.116. The number of anilines is 2. The first-order chi connectivity index (χ1) is 14.1. The van der Waals surface area contributed by atoms with E-state index in [4.69, 9.17) is 4.74 Å². The Balaban J connectivity index is 1.49. The molecule has 0 radical (unpaired) electrons. The van der Waals surface area contributed by atoms with Crippen LogP contribution in [-0.2, 0) is 17.8 Å². The summed E-state index contributed by atoms with van der Waals surface area (Å²) in [4.78, 5) is 28.3. The zero-order chi connectivity index (χ0) is 20.2. The van der Waals surface area contributed by atoms with Gasteiger partial charge in [0.25, 0.3) is 5.91 Å². The summed E-state index contributed by atoms with van der Waals surface area (Å²) in [5.74, 6) is -0.656. The van der Waals surface area contributed by atoms with Crippen molar-refractivity contribution in [2.75, 3.05) is 10.6 Å². The van der Waals surface area contributed by atoms with Gasteiger partial charge in [-0.15, -0.1) is 0 Å². The van der Waals surface area contributed by atoms with Gasteiger partial charge in [-0.3, -0.25) is 9.59 Å². The molecule has 2 amide bonds. The van der Waals surface area contributed by atoms with E-state index in [1.165, 1.54) is 12.3 Å². The number of fused-ring (bicyclic) bond motifs is 1. The molecule has 1 aliphatic rings. The van der Waals surface area contributed by atoms with E-state index in [9.17, 15) is 14.0 Å². The molecule has 29 heavy (non-hydrogen) atoms. The van der Waals surface area contributed by atoms with E-state index in [0.717, 1.165) is 11.3 Å². The summed E-state index contributed by atoms with van der Waals surface area (Å²) < 4.78 is 19.4. The van der Waals surface area contributed by atoms with Crippen molar-refractivity contribution in [3.8, 4) is 5.88 Å². The van der Waals surface area contributed by atoms with E-state index in [0.29, 0.717) is 24.1 Å². The van der Waals surface area contributed by atoms with Gasteiger partial charge in [0, 0.05) is 29.6 Å². The van der Waals surface area contributed by atoms with Crippen molar-refractivity contribution in [3.63, 3.8) is 0 Å². The number of ether oxygens (including phenoxy) is 1. The molecule has 6 nitrogen and oxygen atoms in total. The Labute approximate surface area is 166 Å². The number of nitrogens with one attached hydrogen (secondary N) is 2. The third-order valence-electron chi connectivity index (χ3n) is 4.60. The number of amides is 2. The van der Waals surface area contributed by atoms with Crippen LogP contribution in [0.15, 0.2) is 60.8 Å². The van der Waals surface area contributed by atoms with E-state index < -0.39 is 0 Å². The van der Waals surface area contributed by atoms with Gasteiger partial charge in [-0.05, 0) is 48.4 Å². The minimum atomic E-state index is -0.388. The standard InChI is InChI=1S/C22H18FN3O3/c23-18-6-2-1-4-15(18)13-29-22-17(5-3-11-24-22)21(28)25-16-8-9-19-14(12-16)7-10-20(27)26-19/h1-6,8-9,11-12H,7,10,13H2,(H,25,28)(H,26,27). The van der Waals surface area contributed by atoms with Crippen LogP contribution in [-0.4, -0.2) is 16.8 Å². The molecule has 4 rings (SSSR count). The Morgan fingerprint density at radius 1 is 1.14 bits per heavy atom. The first-order valence-corrected chi connectivity index (χ1v) is 9.15. The molecule has 0 spiro atoms. The largest absolute Gasteiger partial charge is 0.472 e. The highest BCUT2D eigenvalue weighted by molar-refractivity contribution is 6.06. The van der Waals surface area contributed by atoms with Crippen LogP contribution in [0.25, 0.3) is 0 Å². The average molecular weight is 391 g/mol. The van der Waals surface area contributed by atoms with E-state index in [-0.39, 0.29) is 35.7 Å². The predicted octanol–water partition coefficient (Wildman–Crippen LogP) is 3.94. The molecule has 7 heteroatoms. The molecule has 1 aromatic heterocycles. The van der Waals surface area contributed by atoms with Crippen LogP contribution >= 0.6 is 0 Å². The molecule has 2 aromatic carbocycles. The van der Waals surface area contributed by atoms with Gasteiger partial charge >= 0.3 is 0 Å². The molecule has 3 aromatic rings. The zero-order valence-electron chi connectivity index (χ0n) is 15.4. The summed E-state index contributed by atoms with van der Waals surface area (Å²) in [5.41, 5.74) is 2.95. The molecular formula is C22H18FN3O3. The average Bonchev–Trinajstić information content (AvgIpc) is 2.73. The summed E-state index contributed by atoms with van der Waals surface area (Å²) >= 11 is 0. The second-order valence-electron chi connectivity index (χ2n) is 6.61. The molecule has 0 bridgehead atoms. The molecule has 0 saturated carbocycles. The molecule has 0 aliphatic carbocycles. The maximum Gasteiger partial charge on any atom is 0.261 e. The lowest BCUT2D eigenvalue weighted by Gasteiger charge is -2.18. The third-order valence-corrected chi connectivity index (χ3v) is 4.60. The number of pyridine rings is 1. The molecule has 0 fully saturated rings. The SMILES string of the molecule is O=C1CCc2cc(NC(=O)c3cccnc3OCc3ccccc3F)ccc2N1. The van der Waals surface area contributed by atoms with Crippen molar-refractivity contribution >= 4 is 23.2 Å². The molecule has 1 aliphatic heterocycles. The summed E-state index contributed by atoms with van der Waals surface area (Å²) in [5, 5.41) is 5.63. The van der Waals surface area contributed by atoms with Gasteiger partial charge in [0.1, 0.15) is 18.0 Å². The summed E-state index contributed by atoms with van der Waals surface area (Å²) in [6.45, 7) is -0.0392. The molecular weight excluding hydrogens is 373 g/mol. The Hall–Kier alpha value is -3.74.